The number of phenols is 1. The van der Waals surface area contributed by atoms with Crippen LogP contribution in [0.25, 0.3) is 0 Å². The third kappa shape index (κ3) is 8.00. The van der Waals surface area contributed by atoms with E-state index >= 15 is 0 Å². The Labute approximate surface area is 190 Å². The molecule has 0 aliphatic carbocycles. The van der Waals surface area contributed by atoms with Crippen molar-refractivity contribution >= 4 is 29.9 Å². The first-order valence-electron chi connectivity index (χ1n) is 9.79. The minimum atomic E-state index is 0. The fraction of sp³-hybridized carbons (Fsp3) is 0.409. The summed E-state index contributed by atoms with van der Waals surface area (Å²) in [6.45, 7) is 10.5. The van der Waals surface area contributed by atoms with Crippen LogP contribution in [0.4, 0.5) is 0 Å². The predicted molar refractivity (Wildman–Crippen MR) is 129 cm³/mol. The minimum absolute atomic E-state index is 0. The maximum atomic E-state index is 9.40. The number of rotatable bonds is 9. The lowest BCUT2D eigenvalue weighted by Crippen LogP contribution is -2.38. The van der Waals surface area contributed by atoms with Gasteiger partial charge in [-0.05, 0) is 63.1 Å². The summed E-state index contributed by atoms with van der Waals surface area (Å²) in [5.41, 5.74) is 2.12. The van der Waals surface area contributed by atoms with E-state index in [1.54, 1.807) is 12.1 Å². The summed E-state index contributed by atoms with van der Waals surface area (Å²) in [6.07, 6.45) is 0. The second-order valence-electron chi connectivity index (χ2n) is 6.30. The van der Waals surface area contributed by atoms with Gasteiger partial charge in [0.25, 0.3) is 0 Å². The first kappa shape index (κ1) is 24.9. The summed E-state index contributed by atoms with van der Waals surface area (Å²) >= 11 is 0. The first-order chi connectivity index (χ1) is 13.6. The number of hydrogen-bond donors (Lipinski definition) is 3. The van der Waals surface area contributed by atoms with Gasteiger partial charge in [0, 0.05) is 6.54 Å². The van der Waals surface area contributed by atoms with Gasteiger partial charge in [0.2, 0.25) is 0 Å². The van der Waals surface area contributed by atoms with Crippen LogP contribution in [0.3, 0.4) is 0 Å². The molecule has 29 heavy (non-hydrogen) atoms. The molecule has 0 saturated carbocycles. The Balaban J connectivity index is 0.00000420. The van der Waals surface area contributed by atoms with Crippen LogP contribution < -0.4 is 20.1 Å². The van der Waals surface area contributed by atoms with E-state index in [4.69, 9.17) is 9.47 Å². The largest absolute Gasteiger partial charge is 0.508 e. The van der Waals surface area contributed by atoms with Crippen molar-refractivity contribution in [1.82, 2.24) is 10.6 Å². The minimum Gasteiger partial charge on any atom is -0.508 e. The molecule has 0 radical (unpaired) electrons. The molecule has 0 heterocycles. The molecule has 2 aromatic rings. The smallest absolute Gasteiger partial charge is 0.192 e. The van der Waals surface area contributed by atoms with E-state index in [0.29, 0.717) is 19.8 Å². The topological polar surface area (TPSA) is 75.1 Å². The number of nitrogens with one attached hydrogen (secondary N) is 2. The van der Waals surface area contributed by atoms with Crippen LogP contribution in [0.15, 0.2) is 47.5 Å². The zero-order valence-corrected chi connectivity index (χ0v) is 19.9. The number of phenolic OH excluding ortho intramolecular Hbond substituents is 1. The van der Waals surface area contributed by atoms with Crippen LogP contribution in [0.5, 0.6) is 17.2 Å². The van der Waals surface area contributed by atoms with Crippen LogP contribution in [0.1, 0.15) is 44.9 Å². The number of aromatic hydroxyl groups is 1. The van der Waals surface area contributed by atoms with E-state index < -0.39 is 0 Å². The van der Waals surface area contributed by atoms with E-state index in [1.165, 1.54) is 0 Å². The summed E-state index contributed by atoms with van der Waals surface area (Å²) in [7, 11) is 0. The normalized spacial score (nSPS) is 11.9. The van der Waals surface area contributed by atoms with Crippen LogP contribution in [0.2, 0.25) is 0 Å². The van der Waals surface area contributed by atoms with Crippen molar-refractivity contribution in [1.29, 1.82) is 0 Å². The van der Waals surface area contributed by atoms with E-state index in [9.17, 15) is 5.11 Å². The molecule has 0 aliphatic heterocycles. The van der Waals surface area contributed by atoms with E-state index in [-0.39, 0.29) is 35.8 Å². The van der Waals surface area contributed by atoms with Crippen molar-refractivity contribution in [2.24, 2.45) is 4.99 Å². The van der Waals surface area contributed by atoms with E-state index in [0.717, 1.165) is 35.1 Å². The maximum Gasteiger partial charge on any atom is 0.192 e. The van der Waals surface area contributed by atoms with Gasteiger partial charge in [0.05, 0.1) is 25.8 Å². The Morgan fingerprint density at radius 3 is 2.28 bits per heavy atom. The van der Waals surface area contributed by atoms with Gasteiger partial charge in [0.15, 0.2) is 17.5 Å². The van der Waals surface area contributed by atoms with Crippen molar-refractivity contribution < 1.29 is 14.6 Å². The van der Waals surface area contributed by atoms with Gasteiger partial charge in [-0.3, -0.25) is 0 Å². The summed E-state index contributed by atoms with van der Waals surface area (Å²) in [4.78, 5) is 4.64. The molecule has 0 aliphatic rings. The molecule has 1 atom stereocenters. The Hall–Kier alpha value is -2.16. The first-order valence-corrected chi connectivity index (χ1v) is 9.79. The average Bonchev–Trinajstić information content (AvgIpc) is 2.69. The van der Waals surface area contributed by atoms with Crippen molar-refractivity contribution in [2.75, 3.05) is 19.8 Å². The van der Waals surface area contributed by atoms with Gasteiger partial charge in [-0.2, -0.15) is 0 Å². The number of halogens is 1. The number of nitrogens with zero attached hydrogens (tertiary/aromatic N) is 1. The van der Waals surface area contributed by atoms with Crippen molar-refractivity contribution in [2.45, 2.75) is 40.3 Å². The molecule has 0 spiro atoms. The lowest BCUT2D eigenvalue weighted by Gasteiger charge is -2.20. The third-order valence-electron chi connectivity index (χ3n) is 4.12. The molecule has 3 N–H and O–H groups in total. The Kier molecular flexibility index (Phi) is 11.3. The lowest BCUT2D eigenvalue weighted by molar-refractivity contribution is 0.287. The van der Waals surface area contributed by atoms with Gasteiger partial charge in [-0.25, -0.2) is 4.99 Å². The molecule has 1 unspecified atom stereocenters. The molecular formula is C22H32IN3O3. The summed E-state index contributed by atoms with van der Waals surface area (Å²) in [6, 6.07) is 13.1. The molecule has 160 valence electrons. The second-order valence-corrected chi connectivity index (χ2v) is 6.30. The predicted octanol–water partition coefficient (Wildman–Crippen LogP) is 4.62. The van der Waals surface area contributed by atoms with Crippen molar-refractivity contribution in [3.05, 3.63) is 53.6 Å². The average molecular weight is 513 g/mol. The molecule has 0 fully saturated rings. The van der Waals surface area contributed by atoms with E-state index in [2.05, 4.69) is 22.5 Å². The molecular weight excluding hydrogens is 481 g/mol. The van der Waals surface area contributed by atoms with Crippen LogP contribution >= 0.6 is 24.0 Å². The number of hydrogen-bond acceptors (Lipinski definition) is 4. The molecule has 2 rings (SSSR count). The summed E-state index contributed by atoms with van der Waals surface area (Å²) in [5.74, 6) is 2.50. The van der Waals surface area contributed by atoms with Gasteiger partial charge >= 0.3 is 0 Å². The molecule has 0 bridgehead atoms. The van der Waals surface area contributed by atoms with Gasteiger partial charge in [-0.15, -0.1) is 24.0 Å². The van der Waals surface area contributed by atoms with Crippen LogP contribution in [0, 0.1) is 0 Å². The Bertz CT molecular complexity index is 766. The zero-order chi connectivity index (χ0) is 20.4. The van der Waals surface area contributed by atoms with Crippen molar-refractivity contribution in [3.63, 3.8) is 0 Å². The highest BCUT2D eigenvalue weighted by Crippen LogP contribution is 2.30. The standard InChI is InChI=1S/C22H31N3O3.HI/c1-5-23-22(24-15-17-8-11-19(26)12-9-17)25-16(4)18-10-13-20(27-6-2)21(14-18)28-7-3;/h8-14,16,26H,5-7,15H2,1-4H3,(H2,23,24,25);1H. The second kappa shape index (κ2) is 13.1. The highest BCUT2D eigenvalue weighted by atomic mass is 127. The molecule has 0 aromatic heterocycles. The SMILES string of the molecule is CCNC(=NCc1ccc(O)cc1)NC(C)c1ccc(OCC)c(OCC)c1.I. The Morgan fingerprint density at radius 1 is 1.00 bits per heavy atom. The molecule has 6 nitrogen and oxygen atoms in total. The highest BCUT2D eigenvalue weighted by Gasteiger charge is 2.12. The number of aliphatic imine (C=N–C) groups is 1. The monoisotopic (exact) mass is 513 g/mol. The van der Waals surface area contributed by atoms with Crippen LogP contribution in [-0.2, 0) is 6.54 Å². The quantitative estimate of drug-likeness (QED) is 0.259. The lowest BCUT2D eigenvalue weighted by atomic mass is 10.1. The molecule has 7 heteroatoms. The third-order valence-corrected chi connectivity index (χ3v) is 4.12. The fourth-order valence-electron chi connectivity index (χ4n) is 2.72. The van der Waals surface area contributed by atoms with Crippen LogP contribution in [-0.4, -0.2) is 30.8 Å². The van der Waals surface area contributed by atoms with Gasteiger partial charge < -0.3 is 25.2 Å². The number of guanidine groups is 1. The zero-order valence-electron chi connectivity index (χ0n) is 17.6. The number of benzene rings is 2. The Morgan fingerprint density at radius 2 is 1.66 bits per heavy atom. The summed E-state index contributed by atoms with van der Waals surface area (Å²) < 4.78 is 11.4. The number of ether oxygens (including phenoxy) is 2. The molecule has 0 amide bonds. The molecule has 2 aromatic carbocycles. The highest BCUT2D eigenvalue weighted by molar-refractivity contribution is 14.0. The van der Waals surface area contributed by atoms with E-state index in [1.807, 2.05) is 51.1 Å². The fourth-order valence-corrected chi connectivity index (χ4v) is 2.72. The van der Waals surface area contributed by atoms with Gasteiger partial charge in [0.1, 0.15) is 5.75 Å². The maximum absolute atomic E-state index is 9.40. The summed E-state index contributed by atoms with van der Waals surface area (Å²) in [5, 5.41) is 16.1. The van der Waals surface area contributed by atoms with Gasteiger partial charge in [-0.1, -0.05) is 18.2 Å². The van der Waals surface area contributed by atoms with Crippen molar-refractivity contribution in [3.8, 4) is 17.2 Å². The molecule has 0 saturated heterocycles.